The summed E-state index contributed by atoms with van der Waals surface area (Å²) < 4.78 is 0. The van der Waals surface area contributed by atoms with Crippen molar-refractivity contribution >= 4 is 5.91 Å². The van der Waals surface area contributed by atoms with Crippen LogP contribution >= 0.6 is 0 Å². The maximum Gasteiger partial charge on any atom is 0.224 e. The van der Waals surface area contributed by atoms with Gasteiger partial charge < -0.3 is 10.6 Å². The fraction of sp³-hybridized carbons (Fsp3) is 0.800. The SMILES string of the molecule is NCCN1CCC1=O. The number of nitrogens with two attached hydrogens (primary N) is 1. The zero-order valence-corrected chi connectivity index (χ0v) is 4.76. The van der Waals surface area contributed by atoms with Crippen LogP contribution in [0, 0.1) is 0 Å². The van der Waals surface area contributed by atoms with Crippen LogP contribution in [-0.2, 0) is 4.79 Å². The van der Waals surface area contributed by atoms with Crippen molar-refractivity contribution in [2.45, 2.75) is 6.42 Å². The number of amides is 1. The molecule has 1 aliphatic heterocycles. The summed E-state index contributed by atoms with van der Waals surface area (Å²) in [4.78, 5) is 12.3. The first-order valence-electron chi connectivity index (χ1n) is 2.82. The van der Waals surface area contributed by atoms with Crippen LogP contribution in [0.4, 0.5) is 0 Å². The molecule has 2 N–H and O–H groups in total. The van der Waals surface area contributed by atoms with E-state index in [4.69, 9.17) is 5.73 Å². The number of rotatable bonds is 2. The molecule has 3 heteroatoms. The lowest BCUT2D eigenvalue weighted by Gasteiger charge is -2.29. The predicted octanol–water partition coefficient (Wildman–Crippen LogP) is -0.823. The highest BCUT2D eigenvalue weighted by Crippen LogP contribution is 2.05. The molecule has 1 heterocycles. The summed E-state index contributed by atoms with van der Waals surface area (Å²) in [7, 11) is 0. The summed E-state index contributed by atoms with van der Waals surface area (Å²) in [5, 5.41) is 0. The second-order valence-corrected chi connectivity index (χ2v) is 1.92. The average Bonchev–Trinajstić information content (AvgIpc) is 1.79. The van der Waals surface area contributed by atoms with Gasteiger partial charge in [0.25, 0.3) is 0 Å². The Kier molecular flexibility index (Phi) is 1.48. The van der Waals surface area contributed by atoms with E-state index in [-0.39, 0.29) is 5.91 Å². The molecule has 1 amide bonds. The van der Waals surface area contributed by atoms with Crippen LogP contribution < -0.4 is 5.73 Å². The molecule has 1 saturated heterocycles. The fourth-order valence-corrected chi connectivity index (χ4v) is 0.754. The van der Waals surface area contributed by atoms with E-state index in [2.05, 4.69) is 0 Å². The minimum absolute atomic E-state index is 0.246. The normalized spacial score (nSPS) is 18.6. The van der Waals surface area contributed by atoms with Crippen LogP contribution in [0.3, 0.4) is 0 Å². The van der Waals surface area contributed by atoms with Gasteiger partial charge in [0, 0.05) is 26.1 Å². The van der Waals surface area contributed by atoms with Crippen molar-refractivity contribution in [3.63, 3.8) is 0 Å². The molecule has 0 spiro atoms. The topological polar surface area (TPSA) is 46.3 Å². The van der Waals surface area contributed by atoms with Crippen molar-refractivity contribution in [3.8, 4) is 0 Å². The van der Waals surface area contributed by atoms with Crippen molar-refractivity contribution in [2.75, 3.05) is 19.6 Å². The molecule has 0 atom stereocenters. The standard InChI is InChI=1S/C5H10N2O/c6-2-4-7-3-1-5(7)8/h1-4,6H2. The highest BCUT2D eigenvalue weighted by molar-refractivity contribution is 5.81. The number of hydrogen-bond donors (Lipinski definition) is 1. The number of hydrogen-bond acceptors (Lipinski definition) is 2. The predicted molar refractivity (Wildman–Crippen MR) is 30.3 cm³/mol. The van der Waals surface area contributed by atoms with Gasteiger partial charge in [-0.3, -0.25) is 4.79 Å². The Morgan fingerprint density at radius 3 is 2.62 bits per heavy atom. The third kappa shape index (κ3) is 0.816. The van der Waals surface area contributed by atoms with Crippen molar-refractivity contribution in [2.24, 2.45) is 5.73 Å². The van der Waals surface area contributed by atoms with Crippen LogP contribution in [0.15, 0.2) is 0 Å². The molecule has 0 aliphatic carbocycles. The molecule has 8 heavy (non-hydrogen) atoms. The molecular formula is C5H10N2O. The van der Waals surface area contributed by atoms with Gasteiger partial charge in [-0.15, -0.1) is 0 Å². The highest BCUT2D eigenvalue weighted by Gasteiger charge is 2.21. The monoisotopic (exact) mass is 114 g/mol. The molecule has 0 unspecified atom stereocenters. The maximum atomic E-state index is 10.5. The maximum absolute atomic E-state index is 10.5. The van der Waals surface area contributed by atoms with Gasteiger partial charge in [0.05, 0.1) is 0 Å². The molecule has 0 aromatic carbocycles. The average molecular weight is 114 g/mol. The molecule has 1 fully saturated rings. The number of carbonyl (C=O) groups excluding carboxylic acids is 1. The molecule has 1 rings (SSSR count). The number of carbonyl (C=O) groups is 1. The smallest absolute Gasteiger partial charge is 0.224 e. The van der Waals surface area contributed by atoms with Gasteiger partial charge in [-0.05, 0) is 0 Å². The summed E-state index contributed by atoms with van der Waals surface area (Å²) in [5.41, 5.74) is 5.21. The fourth-order valence-electron chi connectivity index (χ4n) is 0.754. The van der Waals surface area contributed by atoms with Crippen molar-refractivity contribution in [3.05, 3.63) is 0 Å². The second kappa shape index (κ2) is 2.13. The van der Waals surface area contributed by atoms with Crippen LogP contribution in [-0.4, -0.2) is 30.4 Å². The summed E-state index contributed by atoms with van der Waals surface area (Å²) in [6.07, 6.45) is 0.722. The largest absolute Gasteiger partial charge is 0.341 e. The van der Waals surface area contributed by atoms with Crippen LogP contribution in [0.25, 0.3) is 0 Å². The quantitative estimate of drug-likeness (QED) is 0.477. The van der Waals surface area contributed by atoms with Gasteiger partial charge in [0.1, 0.15) is 0 Å². The van der Waals surface area contributed by atoms with Crippen molar-refractivity contribution in [1.29, 1.82) is 0 Å². The first-order chi connectivity index (χ1) is 3.84. The highest BCUT2D eigenvalue weighted by atomic mass is 16.2. The summed E-state index contributed by atoms with van der Waals surface area (Å²) in [6.45, 7) is 2.24. The van der Waals surface area contributed by atoms with Gasteiger partial charge >= 0.3 is 0 Å². The Bertz CT molecular complexity index is 103. The number of nitrogens with zero attached hydrogens (tertiary/aromatic N) is 1. The van der Waals surface area contributed by atoms with E-state index in [0.717, 1.165) is 19.5 Å². The minimum Gasteiger partial charge on any atom is -0.341 e. The van der Waals surface area contributed by atoms with E-state index in [1.165, 1.54) is 0 Å². The Labute approximate surface area is 48.5 Å². The van der Waals surface area contributed by atoms with E-state index < -0.39 is 0 Å². The molecule has 0 saturated carbocycles. The Morgan fingerprint density at radius 2 is 2.50 bits per heavy atom. The molecule has 3 nitrogen and oxygen atoms in total. The van der Waals surface area contributed by atoms with Gasteiger partial charge in [0.15, 0.2) is 0 Å². The van der Waals surface area contributed by atoms with Gasteiger partial charge in [-0.25, -0.2) is 0 Å². The molecular weight excluding hydrogens is 104 g/mol. The third-order valence-corrected chi connectivity index (χ3v) is 1.35. The summed E-state index contributed by atoms with van der Waals surface area (Å²) in [5.74, 6) is 0.246. The summed E-state index contributed by atoms with van der Waals surface area (Å²) >= 11 is 0. The van der Waals surface area contributed by atoms with Crippen LogP contribution in [0.2, 0.25) is 0 Å². The van der Waals surface area contributed by atoms with Crippen LogP contribution in [0.1, 0.15) is 6.42 Å². The summed E-state index contributed by atoms with van der Waals surface area (Å²) in [6, 6.07) is 0. The van der Waals surface area contributed by atoms with Gasteiger partial charge in [0.2, 0.25) is 5.91 Å². The van der Waals surface area contributed by atoms with Gasteiger partial charge in [-0.2, -0.15) is 0 Å². The van der Waals surface area contributed by atoms with Crippen molar-refractivity contribution < 1.29 is 4.79 Å². The lowest BCUT2D eigenvalue weighted by atomic mass is 10.2. The Balaban J connectivity index is 2.17. The van der Waals surface area contributed by atoms with Crippen molar-refractivity contribution in [1.82, 2.24) is 4.90 Å². The van der Waals surface area contributed by atoms with E-state index in [1.807, 2.05) is 0 Å². The molecule has 0 radical (unpaired) electrons. The number of β-lactam (4-membered cyclic amide) rings is 1. The second-order valence-electron chi connectivity index (χ2n) is 1.92. The van der Waals surface area contributed by atoms with E-state index in [0.29, 0.717) is 6.54 Å². The van der Waals surface area contributed by atoms with Crippen LogP contribution in [0.5, 0.6) is 0 Å². The zero-order valence-electron chi connectivity index (χ0n) is 4.76. The van der Waals surface area contributed by atoms with E-state index in [9.17, 15) is 4.79 Å². The van der Waals surface area contributed by atoms with E-state index >= 15 is 0 Å². The zero-order chi connectivity index (χ0) is 5.98. The molecule has 0 bridgehead atoms. The molecule has 1 aliphatic rings. The first kappa shape index (κ1) is 5.56. The Morgan fingerprint density at radius 1 is 1.75 bits per heavy atom. The third-order valence-electron chi connectivity index (χ3n) is 1.35. The first-order valence-corrected chi connectivity index (χ1v) is 2.82. The van der Waals surface area contributed by atoms with Gasteiger partial charge in [-0.1, -0.05) is 0 Å². The molecule has 0 aromatic heterocycles. The molecule has 46 valence electrons. The lowest BCUT2D eigenvalue weighted by Crippen LogP contribution is -2.45. The minimum atomic E-state index is 0.246. The Hall–Kier alpha value is -0.570. The number of likely N-dealkylation sites (tertiary alicyclic amines) is 1. The lowest BCUT2D eigenvalue weighted by molar-refractivity contribution is -0.139. The molecule has 0 aromatic rings. The van der Waals surface area contributed by atoms with E-state index in [1.54, 1.807) is 4.90 Å².